The molecule has 1 aromatic carbocycles. The maximum atomic E-state index is 11.9. The number of rotatable bonds is 5. The first-order chi connectivity index (χ1) is 11.2. The van der Waals surface area contributed by atoms with Crippen LogP contribution in [-0.4, -0.2) is 15.7 Å². The van der Waals surface area contributed by atoms with E-state index in [1.807, 2.05) is 49.5 Å². The molecular formula is C18H17N3O2. The van der Waals surface area contributed by atoms with Crippen molar-refractivity contribution in [3.8, 4) is 5.69 Å². The lowest BCUT2D eigenvalue weighted by molar-refractivity contribution is -0.117. The highest BCUT2D eigenvalue weighted by atomic mass is 16.3. The molecule has 3 rings (SSSR count). The van der Waals surface area contributed by atoms with Crippen molar-refractivity contribution >= 4 is 12.0 Å². The summed E-state index contributed by atoms with van der Waals surface area (Å²) in [5, 5.41) is 7.13. The van der Waals surface area contributed by atoms with Gasteiger partial charge in [-0.2, -0.15) is 5.10 Å². The van der Waals surface area contributed by atoms with E-state index in [0.717, 1.165) is 17.0 Å². The topological polar surface area (TPSA) is 60.1 Å². The van der Waals surface area contributed by atoms with Crippen molar-refractivity contribution in [3.05, 3.63) is 78.5 Å². The van der Waals surface area contributed by atoms with Crippen LogP contribution in [0.1, 0.15) is 24.3 Å². The number of amides is 1. The van der Waals surface area contributed by atoms with Gasteiger partial charge in [-0.1, -0.05) is 18.2 Å². The first-order valence-corrected chi connectivity index (χ1v) is 7.34. The summed E-state index contributed by atoms with van der Waals surface area (Å²) in [7, 11) is 0. The van der Waals surface area contributed by atoms with Gasteiger partial charge in [0, 0.05) is 17.8 Å². The Morgan fingerprint density at radius 2 is 2.09 bits per heavy atom. The molecule has 3 aromatic rings. The van der Waals surface area contributed by atoms with E-state index in [-0.39, 0.29) is 11.9 Å². The molecule has 0 aliphatic heterocycles. The van der Waals surface area contributed by atoms with E-state index in [1.54, 1.807) is 29.3 Å². The van der Waals surface area contributed by atoms with E-state index >= 15 is 0 Å². The van der Waals surface area contributed by atoms with Crippen LogP contribution in [0.5, 0.6) is 0 Å². The van der Waals surface area contributed by atoms with E-state index in [9.17, 15) is 4.79 Å². The van der Waals surface area contributed by atoms with Crippen molar-refractivity contribution in [2.75, 3.05) is 0 Å². The molecule has 0 spiro atoms. The second-order valence-corrected chi connectivity index (χ2v) is 5.13. The molecule has 2 aromatic heterocycles. The van der Waals surface area contributed by atoms with Gasteiger partial charge in [0.05, 0.1) is 24.2 Å². The van der Waals surface area contributed by atoms with Crippen molar-refractivity contribution in [2.45, 2.75) is 13.0 Å². The molecule has 0 saturated heterocycles. The van der Waals surface area contributed by atoms with Crippen molar-refractivity contribution in [1.82, 2.24) is 15.1 Å². The lowest BCUT2D eigenvalue weighted by Gasteiger charge is -2.08. The molecule has 1 N–H and O–H groups in total. The summed E-state index contributed by atoms with van der Waals surface area (Å²) in [6.07, 6.45) is 8.40. The number of para-hydroxylation sites is 1. The highest BCUT2D eigenvalue weighted by molar-refractivity contribution is 5.91. The van der Waals surface area contributed by atoms with Crippen LogP contribution in [0.3, 0.4) is 0 Å². The normalized spacial score (nSPS) is 12.4. The minimum Gasteiger partial charge on any atom is -0.467 e. The lowest BCUT2D eigenvalue weighted by Crippen LogP contribution is -2.24. The fourth-order valence-electron chi connectivity index (χ4n) is 2.19. The van der Waals surface area contributed by atoms with Gasteiger partial charge in [-0.25, -0.2) is 4.68 Å². The Balaban J connectivity index is 1.62. The number of aromatic nitrogens is 2. The molecule has 0 fully saturated rings. The van der Waals surface area contributed by atoms with Gasteiger partial charge in [0.15, 0.2) is 0 Å². The van der Waals surface area contributed by atoms with E-state index in [0.29, 0.717) is 0 Å². The van der Waals surface area contributed by atoms with E-state index < -0.39 is 0 Å². The van der Waals surface area contributed by atoms with Crippen LogP contribution in [0.25, 0.3) is 11.8 Å². The van der Waals surface area contributed by atoms with Crippen LogP contribution >= 0.6 is 0 Å². The van der Waals surface area contributed by atoms with Crippen molar-refractivity contribution < 1.29 is 9.21 Å². The molecule has 23 heavy (non-hydrogen) atoms. The second kappa shape index (κ2) is 6.79. The molecule has 116 valence electrons. The van der Waals surface area contributed by atoms with Crippen LogP contribution in [0, 0.1) is 0 Å². The van der Waals surface area contributed by atoms with E-state index in [2.05, 4.69) is 10.4 Å². The zero-order valence-electron chi connectivity index (χ0n) is 12.7. The molecular weight excluding hydrogens is 290 g/mol. The second-order valence-electron chi connectivity index (χ2n) is 5.13. The Morgan fingerprint density at radius 1 is 1.26 bits per heavy atom. The highest BCUT2D eigenvalue weighted by Crippen LogP contribution is 2.12. The van der Waals surface area contributed by atoms with Crippen LogP contribution in [0.15, 0.2) is 71.6 Å². The lowest BCUT2D eigenvalue weighted by atomic mass is 10.2. The van der Waals surface area contributed by atoms with Gasteiger partial charge >= 0.3 is 0 Å². The maximum absolute atomic E-state index is 11.9. The summed E-state index contributed by atoms with van der Waals surface area (Å²) >= 11 is 0. The largest absolute Gasteiger partial charge is 0.467 e. The van der Waals surface area contributed by atoms with Crippen LogP contribution < -0.4 is 5.32 Å². The Labute approximate surface area is 134 Å². The predicted octanol–water partition coefficient (Wildman–Crippen LogP) is 3.36. The van der Waals surface area contributed by atoms with Gasteiger partial charge in [-0.3, -0.25) is 4.79 Å². The van der Waals surface area contributed by atoms with Gasteiger partial charge in [-0.15, -0.1) is 0 Å². The number of benzene rings is 1. The Kier molecular flexibility index (Phi) is 4.38. The third-order valence-electron chi connectivity index (χ3n) is 3.38. The minimum atomic E-state index is -0.179. The molecule has 0 aliphatic carbocycles. The Hall–Kier alpha value is -3.08. The highest BCUT2D eigenvalue weighted by Gasteiger charge is 2.09. The minimum absolute atomic E-state index is 0.172. The fraction of sp³-hybridized carbons (Fsp3) is 0.111. The third-order valence-corrected chi connectivity index (χ3v) is 3.38. The van der Waals surface area contributed by atoms with E-state index in [1.165, 1.54) is 6.08 Å². The molecule has 1 amide bonds. The van der Waals surface area contributed by atoms with E-state index in [4.69, 9.17) is 4.42 Å². The maximum Gasteiger partial charge on any atom is 0.244 e. The molecule has 2 heterocycles. The quantitative estimate of drug-likeness (QED) is 0.735. The van der Waals surface area contributed by atoms with Crippen LogP contribution in [-0.2, 0) is 4.79 Å². The van der Waals surface area contributed by atoms with Crippen molar-refractivity contribution in [2.24, 2.45) is 0 Å². The molecule has 0 saturated carbocycles. The number of carbonyl (C=O) groups is 1. The van der Waals surface area contributed by atoms with Crippen molar-refractivity contribution in [3.63, 3.8) is 0 Å². The molecule has 5 nitrogen and oxygen atoms in total. The Morgan fingerprint density at radius 3 is 2.83 bits per heavy atom. The monoisotopic (exact) mass is 307 g/mol. The third kappa shape index (κ3) is 3.77. The molecule has 5 heteroatoms. The molecule has 0 bridgehead atoms. The number of hydrogen-bond acceptors (Lipinski definition) is 3. The van der Waals surface area contributed by atoms with Gasteiger partial charge in [-0.05, 0) is 37.3 Å². The average molecular weight is 307 g/mol. The number of carbonyl (C=O) groups excluding carboxylic acids is 1. The first-order valence-electron chi connectivity index (χ1n) is 7.34. The summed E-state index contributed by atoms with van der Waals surface area (Å²) < 4.78 is 7.03. The smallest absolute Gasteiger partial charge is 0.244 e. The first kappa shape index (κ1) is 14.8. The number of hydrogen-bond donors (Lipinski definition) is 1. The number of furan rings is 1. The van der Waals surface area contributed by atoms with Gasteiger partial charge < -0.3 is 9.73 Å². The average Bonchev–Trinajstić information content (AvgIpc) is 3.25. The zero-order valence-corrected chi connectivity index (χ0v) is 12.7. The summed E-state index contributed by atoms with van der Waals surface area (Å²) in [5.74, 6) is 0.546. The molecule has 1 atom stereocenters. The van der Waals surface area contributed by atoms with Gasteiger partial charge in [0.1, 0.15) is 5.76 Å². The van der Waals surface area contributed by atoms with Crippen LogP contribution in [0.2, 0.25) is 0 Å². The molecule has 0 unspecified atom stereocenters. The summed E-state index contributed by atoms with van der Waals surface area (Å²) in [5.41, 5.74) is 1.83. The predicted molar refractivity (Wildman–Crippen MR) is 87.9 cm³/mol. The number of nitrogens with zero attached hydrogens (tertiary/aromatic N) is 2. The summed E-state index contributed by atoms with van der Waals surface area (Å²) in [6.45, 7) is 1.87. The fourth-order valence-corrected chi connectivity index (χ4v) is 2.19. The number of nitrogens with one attached hydrogen (secondary N) is 1. The molecule has 0 radical (unpaired) electrons. The van der Waals surface area contributed by atoms with Gasteiger partial charge in [0.25, 0.3) is 0 Å². The van der Waals surface area contributed by atoms with Gasteiger partial charge in [0.2, 0.25) is 5.91 Å². The van der Waals surface area contributed by atoms with Crippen LogP contribution in [0.4, 0.5) is 0 Å². The summed E-state index contributed by atoms with van der Waals surface area (Å²) in [4.78, 5) is 11.9. The van der Waals surface area contributed by atoms with Crippen molar-refractivity contribution in [1.29, 1.82) is 0 Å². The summed E-state index contributed by atoms with van der Waals surface area (Å²) in [6, 6.07) is 13.3. The standard InChI is InChI=1S/C18H17N3O2/c1-14(17-8-5-11-23-17)20-18(22)10-9-15-12-19-21(13-15)16-6-3-2-4-7-16/h2-14H,1H3,(H,20,22)/b10-9+/t14-/m1/s1. The SMILES string of the molecule is C[C@@H](NC(=O)/C=C/c1cnn(-c2ccccc2)c1)c1ccco1. The zero-order chi connectivity index (χ0) is 16.1. The molecule has 0 aliphatic rings. The Bertz CT molecular complexity index is 789.